The van der Waals surface area contributed by atoms with Gasteiger partial charge in [-0.15, -0.1) is 0 Å². The van der Waals surface area contributed by atoms with Crippen molar-refractivity contribution in [1.29, 1.82) is 0 Å². The molecule has 0 saturated heterocycles. The highest BCUT2D eigenvalue weighted by Crippen LogP contribution is 2.24. The van der Waals surface area contributed by atoms with Crippen LogP contribution < -0.4 is 4.74 Å². The van der Waals surface area contributed by atoms with Gasteiger partial charge in [0.25, 0.3) is 5.69 Å². The van der Waals surface area contributed by atoms with Crippen LogP contribution in [0.15, 0.2) is 18.2 Å². The third-order valence-corrected chi connectivity index (χ3v) is 5.54. The van der Waals surface area contributed by atoms with Crippen LogP contribution >= 0.6 is 0 Å². The monoisotopic (exact) mass is 317 g/mol. The van der Waals surface area contributed by atoms with Gasteiger partial charge in [-0.05, 0) is 26.8 Å². The summed E-state index contributed by atoms with van der Waals surface area (Å²) in [7, 11) is -3.30. The van der Waals surface area contributed by atoms with Crippen LogP contribution in [-0.2, 0) is 16.4 Å². The molecular weight excluding hydrogens is 298 g/mol. The van der Waals surface area contributed by atoms with Crippen LogP contribution in [0, 0.1) is 10.1 Å². The Balaban J connectivity index is 2.79. The SMILES string of the molecule is CC(C)(C)S(=O)(=O)CCOc1ccc([N+](=O)[O-])cc1CO. The molecule has 0 aliphatic heterocycles. The summed E-state index contributed by atoms with van der Waals surface area (Å²) in [5, 5.41) is 19.8. The molecule has 1 rings (SSSR count). The molecule has 0 aromatic heterocycles. The van der Waals surface area contributed by atoms with Gasteiger partial charge >= 0.3 is 0 Å². The Morgan fingerprint density at radius 1 is 1.33 bits per heavy atom. The molecule has 0 spiro atoms. The summed E-state index contributed by atoms with van der Waals surface area (Å²) in [5.74, 6) is 0.0745. The molecule has 0 fully saturated rings. The number of rotatable bonds is 6. The highest BCUT2D eigenvalue weighted by molar-refractivity contribution is 7.92. The normalized spacial score (nSPS) is 12.2. The van der Waals surface area contributed by atoms with Crippen molar-refractivity contribution in [2.24, 2.45) is 0 Å². The van der Waals surface area contributed by atoms with Crippen LogP contribution in [0.3, 0.4) is 0 Å². The van der Waals surface area contributed by atoms with Gasteiger partial charge in [0, 0.05) is 17.7 Å². The zero-order valence-electron chi connectivity index (χ0n) is 12.2. The molecule has 21 heavy (non-hydrogen) atoms. The van der Waals surface area contributed by atoms with Crippen molar-refractivity contribution >= 4 is 15.5 Å². The molecule has 0 heterocycles. The summed E-state index contributed by atoms with van der Waals surface area (Å²) in [5.41, 5.74) is 0.0890. The Bertz CT molecular complexity index is 618. The summed E-state index contributed by atoms with van der Waals surface area (Å²) in [4.78, 5) is 10.1. The number of aliphatic hydroxyl groups is 1. The van der Waals surface area contributed by atoms with E-state index in [1.165, 1.54) is 18.2 Å². The first kappa shape index (κ1) is 17.4. The van der Waals surface area contributed by atoms with E-state index in [2.05, 4.69) is 0 Å². The summed E-state index contributed by atoms with van der Waals surface area (Å²) in [6.07, 6.45) is 0. The van der Waals surface area contributed by atoms with Crippen LogP contribution in [-0.4, -0.2) is 35.6 Å². The molecule has 0 aliphatic rings. The van der Waals surface area contributed by atoms with Gasteiger partial charge in [0.15, 0.2) is 9.84 Å². The van der Waals surface area contributed by atoms with Gasteiger partial charge in [0.05, 0.1) is 22.0 Å². The molecule has 8 heteroatoms. The van der Waals surface area contributed by atoms with E-state index in [0.717, 1.165) is 0 Å². The summed E-state index contributed by atoms with van der Waals surface area (Å²) < 4.78 is 28.3. The van der Waals surface area contributed by atoms with Gasteiger partial charge in [0.1, 0.15) is 12.4 Å². The minimum Gasteiger partial charge on any atom is -0.492 e. The molecule has 0 bridgehead atoms. The number of nitro benzene ring substituents is 1. The lowest BCUT2D eigenvalue weighted by molar-refractivity contribution is -0.385. The average molecular weight is 317 g/mol. The predicted octanol–water partition coefficient (Wildman–Crippen LogP) is 1.68. The lowest BCUT2D eigenvalue weighted by Crippen LogP contribution is -2.32. The molecule has 118 valence electrons. The molecule has 0 saturated carbocycles. The van der Waals surface area contributed by atoms with Crippen molar-refractivity contribution in [3.05, 3.63) is 33.9 Å². The smallest absolute Gasteiger partial charge is 0.270 e. The number of hydrogen-bond donors (Lipinski definition) is 1. The van der Waals surface area contributed by atoms with E-state index in [-0.39, 0.29) is 29.4 Å². The van der Waals surface area contributed by atoms with Crippen molar-refractivity contribution in [2.45, 2.75) is 32.1 Å². The van der Waals surface area contributed by atoms with E-state index in [0.29, 0.717) is 0 Å². The number of non-ortho nitro benzene ring substituents is 1. The van der Waals surface area contributed by atoms with Crippen molar-refractivity contribution in [3.63, 3.8) is 0 Å². The first-order chi connectivity index (χ1) is 9.58. The number of hydrogen-bond acceptors (Lipinski definition) is 6. The van der Waals surface area contributed by atoms with Gasteiger partial charge in [-0.1, -0.05) is 0 Å². The molecule has 0 aliphatic carbocycles. The highest BCUT2D eigenvalue weighted by Gasteiger charge is 2.28. The zero-order valence-corrected chi connectivity index (χ0v) is 13.0. The number of benzene rings is 1. The number of sulfone groups is 1. The van der Waals surface area contributed by atoms with E-state index >= 15 is 0 Å². The van der Waals surface area contributed by atoms with Crippen molar-refractivity contribution in [3.8, 4) is 5.75 Å². The van der Waals surface area contributed by atoms with Crippen molar-refractivity contribution < 1.29 is 23.2 Å². The molecule has 0 radical (unpaired) electrons. The minimum atomic E-state index is -3.30. The van der Waals surface area contributed by atoms with Crippen LogP contribution in [0.4, 0.5) is 5.69 Å². The largest absolute Gasteiger partial charge is 0.492 e. The molecule has 0 unspecified atom stereocenters. The third kappa shape index (κ3) is 4.40. The van der Waals surface area contributed by atoms with E-state index in [1.807, 2.05) is 0 Å². The molecular formula is C13H19NO6S. The van der Waals surface area contributed by atoms with Crippen molar-refractivity contribution in [2.75, 3.05) is 12.4 Å². The molecule has 7 nitrogen and oxygen atoms in total. The van der Waals surface area contributed by atoms with Crippen LogP contribution in [0.25, 0.3) is 0 Å². The van der Waals surface area contributed by atoms with Gasteiger partial charge < -0.3 is 9.84 Å². The van der Waals surface area contributed by atoms with Crippen LogP contribution in [0.1, 0.15) is 26.3 Å². The van der Waals surface area contributed by atoms with Gasteiger partial charge in [-0.2, -0.15) is 0 Å². The highest BCUT2D eigenvalue weighted by atomic mass is 32.2. The van der Waals surface area contributed by atoms with E-state index in [1.54, 1.807) is 20.8 Å². The van der Waals surface area contributed by atoms with E-state index in [4.69, 9.17) is 4.74 Å². The molecule has 1 aromatic rings. The maximum Gasteiger partial charge on any atom is 0.270 e. The second-order valence-electron chi connectivity index (χ2n) is 5.49. The zero-order chi connectivity index (χ0) is 16.3. The predicted molar refractivity (Wildman–Crippen MR) is 78.1 cm³/mol. The second-order valence-corrected chi connectivity index (χ2v) is 8.35. The number of ether oxygens (including phenoxy) is 1. The number of nitro groups is 1. The summed E-state index contributed by atoms with van der Waals surface area (Å²) >= 11 is 0. The van der Waals surface area contributed by atoms with E-state index < -0.39 is 26.1 Å². The first-order valence-corrected chi connectivity index (χ1v) is 7.97. The van der Waals surface area contributed by atoms with E-state index in [9.17, 15) is 23.6 Å². The molecule has 1 aromatic carbocycles. The fraction of sp³-hybridized carbons (Fsp3) is 0.538. The second kappa shape index (κ2) is 6.40. The van der Waals surface area contributed by atoms with Crippen molar-refractivity contribution in [1.82, 2.24) is 0 Å². The third-order valence-electron chi connectivity index (χ3n) is 2.97. The van der Waals surface area contributed by atoms with Crippen LogP contribution in [0.5, 0.6) is 5.75 Å². The Labute approximate surface area is 123 Å². The molecule has 1 N–H and O–H groups in total. The number of aliphatic hydroxyl groups excluding tert-OH is 1. The topological polar surface area (TPSA) is 107 Å². The number of nitrogens with zero attached hydrogens (tertiary/aromatic N) is 1. The standard InChI is InChI=1S/C13H19NO6S/c1-13(2,3)21(18,19)7-6-20-12-5-4-11(14(16)17)8-10(12)9-15/h4-5,8,15H,6-7,9H2,1-3H3. The maximum atomic E-state index is 11.9. The Kier molecular flexibility index (Phi) is 5.30. The first-order valence-electron chi connectivity index (χ1n) is 6.32. The molecule has 0 atom stereocenters. The minimum absolute atomic E-state index is 0.0790. The fourth-order valence-electron chi connectivity index (χ4n) is 1.51. The lowest BCUT2D eigenvalue weighted by atomic mass is 10.2. The van der Waals surface area contributed by atoms with Gasteiger partial charge in [-0.25, -0.2) is 8.42 Å². The Morgan fingerprint density at radius 2 is 1.95 bits per heavy atom. The quantitative estimate of drug-likeness (QED) is 0.632. The summed E-state index contributed by atoms with van der Waals surface area (Å²) in [6, 6.07) is 3.80. The maximum absolute atomic E-state index is 11.9. The van der Waals surface area contributed by atoms with Crippen LogP contribution in [0.2, 0.25) is 0 Å². The fourth-order valence-corrected chi connectivity index (χ4v) is 2.43. The average Bonchev–Trinajstić information content (AvgIpc) is 2.37. The molecule has 0 amide bonds. The van der Waals surface area contributed by atoms with Gasteiger partial charge in [-0.3, -0.25) is 10.1 Å². The van der Waals surface area contributed by atoms with Gasteiger partial charge in [0.2, 0.25) is 0 Å². The lowest BCUT2D eigenvalue weighted by Gasteiger charge is -2.19. The Hall–Kier alpha value is -1.67. The summed E-state index contributed by atoms with van der Waals surface area (Å²) in [6.45, 7) is 4.31. The Morgan fingerprint density at radius 3 is 2.43 bits per heavy atom.